The van der Waals surface area contributed by atoms with Crippen molar-refractivity contribution >= 4 is 17.3 Å². The summed E-state index contributed by atoms with van der Waals surface area (Å²) in [6.07, 6.45) is 0. The Hall–Kier alpha value is -1.17. The molecule has 4 nitrogen and oxygen atoms in total. The second-order valence-corrected chi connectivity index (χ2v) is 5.57. The van der Waals surface area contributed by atoms with Crippen LogP contribution in [0.25, 0.3) is 0 Å². The minimum absolute atomic E-state index is 0.821. The standard InChI is InChI=1S/C15H23N3OS/c1-17(13-14-5-3-2-4-6-14)15(20)16-7-8-18-9-11-19-12-10-18/h2-6H,7-13H2,1H3,(H,16,20)/p+1. The first-order valence-corrected chi connectivity index (χ1v) is 7.61. The van der Waals surface area contributed by atoms with Crippen LogP contribution in [0.4, 0.5) is 0 Å². The molecule has 1 aliphatic rings. The molecule has 1 aromatic rings. The minimum atomic E-state index is 0.821. The van der Waals surface area contributed by atoms with Crippen molar-refractivity contribution in [1.29, 1.82) is 0 Å². The Morgan fingerprint density at radius 3 is 2.70 bits per heavy atom. The zero-order valence-corrected chi connectivity index (χ0v) is 12.9. The van der Waals surface area contributed by atoms with Gasteiger partial charge in [-0.2, -0.15) is 0 Å². The average Bonchev–Trinajstić information content (AvgIpc) is 2.49. The van der Waals surface area contributed by atoms with E-state index in [0.29, 0.717) is 0 Å². The molecule has 0 unspecified atom stereocenters. The highest BCUT2D eigenvalue weighted by atomic mass is 32.1. The molecule has 0 amide bonds. The molecule has 0 atom stereocenters. The molecule has 1 aromatic carbocycles. The second-order valence-electron chi connectivity index (χ2n) is 5.19. The van der Waals surface area contributed by atoms with E-state index in [-0.39, 0.29) is 0 Å². The summed E-state index contributed by atoms with van der Waals surface area (Å²) >= 11 is 5.42. The van der Waals surface area contributed by atoms with E-state index in [4.69, 9.17) is 17.0 Å². The lowest BCUT2D eigenvalue weighted by Crippen LogP contribution is -3.14. The summed E-state index contributed by atoms with van der Waals surface area (Å²) in [5, 5.41) is 4.17. The van der Waals surface area contributed by atoms with Crippen molar-refractivity contribution in [3.8, 4) is 0 Å². The van der Waals surface area contributed by atoms with Crippen molar-refractivity contribution < 1.29 is 9.64 Å². The molecule has 110 valence electrons. The van der Waals surface area contributed by atoms with Crippen LogP contribution in [-0.2, 0) is 11.3 Å². The van der Waals surface area contributed by atoms with Crippen molar-refractivity contribution in [1.82, 2.24) is 10.2 Å². The maximum Gasteiger partial charge on any atom is 0.169 e. The predicted octanol–water partition coefficient (Wildman–Crippen LogP) is -0.0920. The molecular weight excluding hydrogens is 270 g/mol. The van der Waals surface area contributed by atoms with E-state index in [0.717, 1.165) is 51.0 Å². The molecule has 0 saturated carbocycles. The Morgan fingerprint density at radius 1 is 1.30 bits per heavy atom. The number of rotatable bonds is 5. The smallest absolute Gasteiger partial charge is 0.169 e. The topological polar surface area (TPSA) is 28.9 Å². The Bertz CT molecular complexity index is 407. The number of morpholine rings is 1. The van der Waals surface area contributed by atoms with E-state index >= 15 is 0 Å². The molecule has 1 fully saturated rings. The van der Waals surface area contributed by atoms with Gasteiger partial charge >= 0.3 is 0 Å². The fraction of sp³-hybridized carbons (Fsp3) is 0.533. The third-order valence-electron chi connectivity index (χ3n) is 3.56. The molecule has 1 saturated heterocycles. The highest BCUT2D eigenvalue weighted by molar-refractivity contribution is 7.80. The number of ether oxygens (including phenoxy) is 1. The van der Waals surface area contributed by atoms with Gasteiger partial charge in [-0.25, -0.2) is 0 Å². The summed E-state index contributed by atoms with van der Waals surface area (Å²) in [6, 6.07) is 10.4. The maximum atomic E-state index is 5.42. The first-order chi connectivity index (χ1) is 9.75. The summed E-state index contributed by atoms with van der Waals surface area (Å²) in [7, 11) is 2.03. The Labute approximate surface area is 126 Å². The number of nitrogens with one attached hydrogen (secondary N) is 2. The van der Waals surface area contributed by atoms with Crippen molar-refractivity contribution in [2.75, 3.05) is 46.4 Å². The van der Waals surface area contributed by atoms with Gasteiger partial charge in [0, 0.05) is 13.6 Å². The van der Waals surface area contributed by atoms with Gasteiger partial charge in [0.25, 0.3) is 0 Å². The summed E-state index contributed by atoms with van der Waals surface area (Å²) in [4.78, 5) is 3.68. The zero-order chi connectivity index (χ0) is 14.2. The van der Waals surface area contributed by atoms with Crippen molar-refractivity contribution in [3.05, 3.63) is 35.9 Å². The Kier molecular flexibility index (Phi) is 6.24. The first-order valence-electron chi connectivity index (χ1n) is 7.20. The van der Waals surface area contributed by atoms with Crippen LogP contribution < -0.4 is 10.2 Å². The van der Waals surface area contributed by atoms with Crippen LogP contribution in [0.5, 0.6) is 0 Å². The van der Waals surface area contributed by atoms with Gasteiger partial charge in [-0.1, -0.05) is 30.3 Å². The second kappa shape index (κ2) is 8.19. The molecule has 5 heteroatoms. The van der Waals surface area contributed by atoms with E-state index in [1.165, 1.54) is 5.56 Å². The van der Waals surface area contributed by atoms with Gasteiger partial charge in [0.2, 0.25) is 0 Å². The minimum Gasteiger partial charge on any atom is -0.370 e. The zero-order valence-electron chi connectivity index (χ0n) is 12.1. The Balaban J connectivity index is 1.66. The quantitative estimate of drug-likeness (QED) is 0.743. The van der Waals surface area contributed by atoms with Crippen LogP contribution >= 0.6 is 12.2 Å². The van der Waals surface area contributed by atoms with Crippen molar-refractivity contribution in [2.24, 2.45) is 0 Å². The number of hydrogen-bond acceptors (Lipinski definition) is 2. The van der Waals surface area contributed by atoms with Gasteiger partial charge < -0.3 is 19.9 Å². The largest absolute Gasteiger partial charge is 0.370 e. The number of nitrogens with zero attached hydrogens (tertiary/aromatic N) is 1. The van der Waals surface area contributed by atoms with E-state index in [2.05, 4.69) is 34.5 Å². The van der Waals surface area contributed by atoms with Gasteiger partial charge in [0.15, 0.2) is 5.11 Å². The number of hydrogen-bond donors (Lipinski definition) is 2. The van der Waals surface area contributed by atoms with Gasteiger partial charge in [0.05, 0.1) is 26.3 Å². The van der Waals surface area contributed by atoms with Gasteiger partial charge in [0.1, 0.15) is 13.1 Å². The van der Waals surface area contributed by atoms with Crippen molar-refractivity contribution in [2.45, 2.75) is 6.54 Å². The molecule has 0 bridgehead atoms. The molecular formula is C15H24N3OS+. The van der Waals surface area contributed by atoms with Gasteiger partial charge in [-0.05, 0) is 17.8 Å². The monoisotopic (exact) mass is 294 g/mol. The normalized spacial score (nSPS) is 15.8. The highest BCUT2D eigenvalue weighted by Crippen LogP contribution is 2.02. The van der Waals surface area contributed by atoms with Crippen molar-refractivity contribution in [3.63, 3.8) is 0 Å². The fourth-order valence-electron chi connectivity index (χ4n) is 2.32. The predicted molar refractivity (Wildman–Crippen MR) is 84.9 cm³/mol. The number of benzene rings is 1. The lowest BCUT2D eigenvalue weighted by molar-refractivity contribution is -0.906. The summed E-state index contributed by atoms with van der Waals surface area (Å²) in [5.41, 5.74) is 1.28. The molecule has 2 rings (SSSR count). The van der Waals surface area contributed by atoms with E-state index in [1.807, 2.05) is 13.1 Å². The van der Waals surface area contributed by atoms with Gasteiger partial charge in [-0.3, -0.25) is 0 Å². The van der Waals surface area contributed by atoms with Crippen LogP contribution in [0, 0.1) is 0 Å². The molecule has 1 heterocycles. The third kappa shape index (κ3) is 5.07. The first kappa shape index (κ1) is 15.2. The van der Waals surface area contributed by atoms with Crippen LogP contribution in [0.2, 0.25) is 0 Å². The molecule has 0 aliphatic carbocycles. The summed E-state index contributed by atoms with van der Waals surface area (Å²) < 4.78 is 5.36. The van der Waals surface area contributed by atoms with E-state index in [1.54, 1.807) is 4.90 Å². The third-order valence-corrected chi connectivity index (χ3v) is 4.02. The highest BCUT2D eigenvalue weighted by Gasteiger charge is 2.13. The van der Waals surface area contributed by atoms with Crippen LogP contribution in [-0.4, -0.2) is 56.5 Å². The Morgan fingerprint density at radius 2 is 2.00 bits per heavy atom. The number of quaternary nitrogens is 1. The SMILES string of the molecule is CN(Cc1ccccc1)C(=S)NCC[NH+]1CCOCC1. The molecule has 0 radical (unpaired) electrons. The lowest BCUT2D eigenvalue weighted by Gasteiger charge is -2.25. The maximum absolute atomic E-state index is 5.42. The van der Waals surface area contributed by atoms with E-state index in [9.17, 15) is 0 Å². The number of thiocarbonyl (C=S) groups is 1. The molecule has 0 spiro atoms. The molecule has 20 heavy (non-hydrogen) atoms. The summed E-state index contributed by atoms with van der Waals surface area (Å²) in [5.74, 6) is 0. The van der Waals surface area contributed by atoms with Crippen LogP contribution in [0.1, 0.15) is 5.56 Å². The van der Waals surface area contributed by atoms with E-state index < -0.39 is 0 Å². The summed E-state index contributed by atoms with van der Waals surface area (Å²) in [6.45, 7) is 6.84. The molecule has 1 aliphatic heterocycles. The lowest BCUT2D eigenvalue weighted by atomic mass is 10.2. The van der Waals surface area contributed by atoms with Crippen LogP contribution in [0.15, 0.2) is 30.3 Å². The van der Waals surface area contributed by atoms with Gasteiger partial charge in [-0.15, -0.1) is 0 Å². The molecule has 2 N–H and O–H groups in total. The molecule has 0 aromatic heterocycles. The fourth-order valence-corrected chi connectivity index (χ4v) is 2.49. The van der Waals surface area contributed by atoms with Crippen LogP contribution in [0.3, 0.4) is 0 Å². The average molecular weight is 294 g/mol.